The van der Waals surface area contributed by atoms with Gasteiger partial charge in [-0.1, -0.05) is 146 Å². The second-order valence-electron chi connectivity index (χ2n) is 10.1. The summed E-state index contributed by atoms with van der Waals surface area (Å²) in [6.07, 6.45) is 0. The molecular formula is C38H24. The van der Waals surface area contributed by atoms with Crippen molar-refractivity contribution < 1.29 is 0 Å². The number of hydrogen-bond donors (Lipinski definition) is 0. The molecule has 0 unspecified atom stereocenters. The molecule has 1 aliphatic rings. The first-order chi connectivity index (χ1) is 18.9. The normalized spacial score (nSPS) is 11.7. The average molecular weight is 481 g/mol. The SMILES string of the molecule is c1ccc(-c2ccc(-c3ccc(-c4ccccc4)c4ccccc34)c3c2-c2cccc4cccc-3c24)cc1. The molecule has 38 heavy (non-hydrogen) atoms. The standard InChI is InChI=1S/C38H24/c1-3-11-25(12-4-1)28-21-23-32(31-18-8-7-17-30(28)31)33-24-22-29(26-13-5-2-6-14-26)37-34-19-9-15-27-16-10-20-35(36(27)34)38(33)37/h1-24H. The molecule has 7 aromatic rings. The fourth-order valence-corrected chi connectivity index (χ4v) is 6.41. The summed E-state index contributed by atoms with van der Waals surface area (Å²) in [6.45, 7) is 0. The van der Waals surface area contributed by atoms with Crippen LogP contribution in [-0.4, -0.2) is 0 Å². The third kappa shape index (κ3) is 3.04. The van der Waals surface area contributed by atoms with Crippen LogP contribution in [0.2, 0.25) is 0 Å². The van der Waals surface area contributed by atoms with Crippen molar-refractivity contribution in [2.24, 2.45) is 0 Å². The van der Waals surface area contributed by atoms with Gasteiger partial charge >= 0.3 is 0 Å². The zero-order chi connectivity index (χ0) is 25.1. The van der Waals surface area contributed by atoms with E-state index in [0.29, 0.717) is 0 Å². The molecular weight excluding hydrogens is 456 g/mol. The van der Waals surface area contributed by atoms with E-state index >= 15 is 0 Å². The second-order valence-corrected chi connectivity index (χ2v) is 10.1. The van der Waals surface area contributed by atoms with E-state index in [9.17, 15) is 0 Å². The molecule has 0 nitrogen and oxygen atoms in total. The summed E-state index contributed by atoms with van der Waals surface area (Å²) in [4.78, 5) is 0. The summed E-state index contributed by atoms with van der Waals surface area (Å²) in [5.41, 5.74) is 13.0. The number of rotatable bonds is 3. The predicted molar refractivity (Wildman–Crippen MR) is 162 cm³/mol. The molecule has 0 heteroatoms. The zero-order valence-electron chi connectivity index (χ0n) is 20.9. The maximum atomic E-state index is 2.34. The lowest BCUT2D eigenvalue weighted by molar-refractivity contribution is 1.60. The summed E-state index contributed by atoms with van der Waals surface area (Å²) < 4.78 is 0. The van der Waals surface area contributed by atoms with Gasteiger partial charge in [-0.3, -0.25) is 0 Å². The molecule has 0 heterocycles. The molecule has 0 spiro atoms. The van der Waals surface area contributed by atoms with Crippen LogP contribution in [0.3, 0.4) is 0 Å². The molecule has 0 atom stereocenters. The Morgan fingerprint density at radius 3 is 1.39 bits per heavy atom. The Kier molecular flexibility index (Phi) is 4.62. The van der Waals surface area contributed by atoms with Crippen LogP contribution in [0.5, 0.6) is 0 Å². The number of hydrogen-bond acceptors (Lipinski definition) is 0. The predicted octanol–water partition coefficient (Wildman–Crippen LogP) is 10.6. The lowest BCUT2D eigenvalue weighted by Gasteiger charge is -2.18. The third-order valence-electron chi connectivity index (χ3n) is 8.03. The Labute approximate surface area is 222 Å². The van der Waals surface area contributed by atoms with Crippen molar-refractivity contribution >= 4 is 21.5 Å². The van der Waals surface area contributed by atoms with E-state index in [2.05, 4.69) is 146 Å². The smallest absolute Gasteiger partial charge is 0.00137 e. The summed E-state index contributed by atoms with van der Waals surface area (Å²) in [5, 5.41) is 5.22. The van der Waals surface area contributed by atoms with Gasteiger partial charge < -0.3 is 0 Å². The van der Waals surface area contributed by atoms with E-state index in [-0.39, 0.29) is 0 Å². The van der Waals surface area contributed by atoms with Gasteiger partial charge in [-0.15, -0.1) is 0 Å². The highest BCUT2D eigenvalue weighted by molar-refractivity contribution is 6.22. The van der Waals surface area contributed by atoms with Crippen LogP contribution in [0, 0.1) is 0 Å². The summed E-state index contributed by atoms with van der Waals surface area (Å²) in [6, 6.07) is 53.1. The van der Waals surface area contributed by atoms with Gasteiger partial charge in [0, 0.05) is 0 Å². The largest absolute Gasteiger partial charge is 0.0622 e. The Hall–Kier alpha value is -4.94. The molecule has 7 aromatic carbocycles. The van der Waals surface area contributed by atoms with Crippen molar-refractivity contribution in [3.8, 4) is 55.6 Å². The fourth-order valence-electron chi connectivity index (χ4n) is 6.41. The van der Waals surface area contributed by atoms with E-state index in [1.54, 1.807) is 0 Å². The quantitative estimate of drug-likeness (QED) is 0.236. The minimum atomic E-state index is 1.25. The van der Waals surface area contributed by atoms with Crippen molar-refractivity contribution in [2.75, 3.05) is 0 Å². The lowest BCUT2D eigenvalue weighted by atomic mass is 9.85. The van der Waals surface area contributed by atoms with Crippen LogP contribution in [0.1, 0.15) is 0 Å². The molecule has 0 amide bonds. The molecule has 0 saturated carbocycles. The summed E-state index contributed by atoms with van der Waals surface area (Å²) >= 11 is 0. The van der Waals surface area contributed by atoms with Crippen LogP contribution in [0.15, 0.2) is 146 Å². The Balaban J connectivity index is 1.47. The van der Waals surface area contributed by atoms with Crippen molar-refractivity contribution in [3.05, 3.63) is 146 Å². The highest BCUT2D eigenvalue weighted by Gasteiger charge is 2.28. The molecule has 0 fully saturated rings. The minimum Gasteiger partial charge on any atom is -0.0622 e. The van der Waals surface area contributed by atoms with Gasteiger partial charge in [0.1, 0.15) is 0 Å². The summed E-state index contributed by atoms with van der Waals surface area (Å²) in [5.74, 6) is 0. The Bertz CT molecular complexity index is 1990. The Morgan fingerprint density at radius 1 is 0.263 bits per heavy atom. The highest BCUT2D eigenvalue weighted by Crippen LogP contribution is 2.55. The topological polar surface area (TPSA) is 0 Å². The molecule has 0 aromatic heterocycles. The second kappa shape index (κ2) is 8.30. The maximum Gasteiger partial charge on any atom is -0.00137 e. The first-order valence-corrected chi connectivity index (χ1v) is 13.2. The third-order valence-corrected chi connectivity index (χ3v) is 8.03. The van der Waals surface area contributed by atoms with E-state index in [1.807, 2.05) is 0 Å². The van der Waals surface area contributed by atoms with Crippen LogP contribution in [0.4, 0.5) is 0 Å². The summed E-state index contributed by atoms with van der Waals surface area (Å²) in [7, 11) is 0. The van der Waals surface area contributed by atoms with Crippen molar-refractivity contribution in [3.63, 3.8) is 0 Å². The molecule has 0 N–H and O–H groups in total. The average Bonchev–Trinajstić information content (AvgIpc) is 3.34. The van der Waals surface area contributed by atoms with E-state index in [4.69, 9.17) is 0 Å². The lowest BCUT2D eigenvalue weighted by Crippen LogP contribution is -1.91. The fraction of sp³-hybridized carbons (Fsp3) is 0. The molecule has 1 aliphatic carbocycles. The van der Waals surface area contributed by atoms with Gasteiger partial charge in [0.05, 0.1) is 0 Å². The van der Waals surface area contributed by atoms with Gasteiger partial charge in [-0.25, -0.2) is 0 Å². The first-order valence-electron chi connectivity index (χ1n) is 13.2. The van der Waals surface area contributed by atoms with E-state index in [1.165, 1.54) is 77.2 Å². The molecule has 0 saturated heterocycles. The van der Waals surface area contributed by atoms with Crippen molar-refractivity contribution in [1.29, 1.82) is 0 Å². The van der Waals surface area contributed by atoms with Crippen LogP contribution in [-0.2, 0) is 0 Å². The molecule has 0 bridgehead atoms. The van der Waals surface area contributed by atoms with Crippen molar-refractivity contribution in [2.45, 2.75) is 0 Å². The van der Waals surface area contributed by atoms with E-state index in [0.717, 1.165) is 0 Å². The number of benzene rings is 7. The molecule has 0 aliphatic heterocycles. The van der Waals surface area contributed by atoms with Crippen LogP contribution >= 0.6 is 0 Å². The van der Waals surface area contributed by atoms with Crippen molar-refractivity contribution in [1.82, 2.24) is 0 Å². The first kappa shape index (κ1) is 21.2. The van der Waals surface area contributed by atoms with Crippen LogP contribution in [0.25, 0.3) is 77.2 Å². The molecule has 0 radical (unpaired) electrons. The molecule has 8 rings (SSSR count). The van der Waals surface area contributed by atoms with Crippen LogP contribution < -0.4 is 0 Å². The van der Waals surface area contributed by atoms with Gasteiger partial charge in [-0.05, 0) is 77.2 Å². The Morgan fingerprint density at radius 2 is 0.737 bits per heavy atom. The van der Waals surface area contributed by atoms with Gasteiger partial charge in [-0.2, -0.15) is 0 Å². The minimum absolute atomic E-state index is 1.25. The monoisotopic (exact) mass is 480 g/mol. The van der Waals surface area contributed by atoms with Gasteiger partial charge in [0.25, 0.3) is 0 Å². The van der Waals surface area contributed by atoms with Gasteiger partial charge in [0.15, 0.2) is 0 Å². The zero-order valence-corrected chi connectivity index (χ0v) is 20.9. The highest BCUT2D eigenvalue weighted by atomic mass is 14.3. The van der Waals surface area contributed by atoms with E-state index < -0.39 is 0 Å². The number of fused-ring (bicyclic) bond motifs is 4. The maximum absolute atomic E-state index is 2.34. The van der Waals surface area contributed by atoms with Gasteiger partial charge in [0.2, 0.25) is 0 Å². The molecule has 176 valence electrons.